The molecule has 2 fully saturated rings. The Morgan fingerprint density at radius 2 is 1.76 bits per heavy atom. The van der Waals surface area contributed by atoms with Gasteiger partial charge in [0.25, 0.3) is 5.91 Å². The first kappa shape index (κ1) is 24.6. The van der Waals surface area contributed by atoms with E-state index >= 15 is 0 Å². The van der Waals surface area contributed by atoms with Crippen LogP contribution in [0.2, 0.25) is 0 Å². The van der Waals surface area contributed by atoms with Gasteiger partial charge in [-0.3, -0.25) is 29.9 Å². The molecular formula is C28H31N7O2. The largest absolute Gasteiger partial charge is 0.398 e. The average Bonchev–Trinajstić information content (AvgIpc) is 3.76. The van der Waals surface area contributed by atoms with Gasteiger partial charge in [0.1, 0.15) is 5.71 Å². The topological polar surface area (TPSA) is 137 Å². The van der Waals surface area contributed by atoms with Crippen molar-refractivity contribution in [3.63, 3.8) is 0 Å². The van der Waals surface area contributed by atoms with Crippen LogP contribution in [0.1, 0.15) is 43.4 Å². The highest BCUT2D eigenvalue weighted by atomic mass is 16.2. The second-order valence-electron chi connectivity index (χ2n) is 9.73. The SMILES string of the molecule is N=C(C(=O)Nc1ccc(CN2CCCCC2)nc1)c1cc(-c2cncc(NC(=O)C3CC3)c2)ccc1N. The minimum absolute atomic E-state index is 0.00408. The maximum Gasteiger partial charge on any atom is 0.274 e. The first-order chi connectivity index (χ1) is 18.0. The Labute approximate surface area is 216 Å². The van der Waals surface area contributed by atoms with Gasteiger partial charge < -0.3 is 16.4 Å². The van der Waals surface area contributed by atoms with Crippen LogP contribution < -0.4 is 16.4 Å². The quantitative estimate of drug-likeness (QED) is 0.274. The van der Waals surface area contributed by atoms with E-state index in [9.17, 15) is 9.59 Å². The smallest absolute Gasteiger partial charge is 0.274 e. The minimum Gasteiger partial charge on any atom is -0.398 e. The van der Waals surface area contributed by atoms with Gasteiger partial charge in [-0.05, 0) is 74.7 Å². The highest BCUT2D eigenvalue weighted by Gasteiger charge is 2.29. The molecule has 2 aromatic heterocycles. The summed E-state index contributed by atoms with van der Waals surface area (Å²) in [6, 6.07) is 10.7. The first-order valence-corrected chi connectivity index (χ1v) is 12.7. The number of rotatable bonds is 8. The van der Waals surface area contributed by atoms with Crippen LogP contribution in [0.15, 0.2) is 55.0 Å². The van der Waals surface area contributed by atoms with Gasteiger partial charge in [-0.15, -0.1) is 0 Å². The fourth-order valence-electron chi connectivity index (χ4n) is 4.46. The molecule has 0 spiro atoms. The first-order valence-electron chi connectivity index (χ1n) is 12.7. The number of anilines is 3. The number of piperidine rings is 1. The molecule has 5 N–H and O–H groups in total. The van der Waals surface area contributed by atoms with E-state index in [4.69, 9.17) is 11.1 Å². The standard InChI is InChI=1S/C28H31N7O2/c29-25-9-6-19(20-12-23(15-31-14-20)34-27(36)18-4-5-18)13-24(25)26(30)28(37)33-21-7-8-22(32-16-21)17-35-10-2-1-3-11-35/h6-9,12-16,18,30H,1-5,10-11,17,29H2,(H,33,37)(H,34,36). The molecular weight excluding hydrogens is 466 g/mol. The van der Waals surface area contributed by atoms with Crippen LogP contribution in [-0.2, 0) is 16.1 Å². The van der Waals surface area contributed by atoms with Crippen LogP contribution >= 0.6 is 0 Å². The van der Waals surface area contributed by atoms with E-state index in [1.54, 1.807) is 36.8 Å². The second-order valence-corrected chi connectivity index (χ2v) is 9.73. The van der Waals surface area contributed by atoms with E-state index in [0.717, 1.165) is 49.3 Å². The Bertz CT molecular complexity index is 1310. The number of nitrogen functional groups attached to an aromatic ring is 1. The molecule has 1 aliphatic heterocycles. The molecule has 9 nitrogen and oxygen atoms in total. The molecule has 5 rings (SSSR count). The van der Waals surface area contributed by atoms with Gasteiger partial charge in [0, 0.05) is 35.5 Å². The summed E-state index contributed by atoms with van der Waals surface area (Å²) >= 11 is 0. The lowest BCUT2D eigenvalue weighted by molar-refractivity contribution is -0.117. The van der Waals surface area contributed by atoms with Crippen LogP contribution in [0.25, 0.3) is 11.1 Å². The fourth-order valence-corrected chi connectivity index (χ4v) is 4.46. The molecule has 1 saturated heterocycles. The number of amides is 2. The molecule has 0 radical (unpaired) electrons. The highest BCUT2D eigenvalue weighted by molar-refractivity contribution is 6.48. The normalized spacial score (nSPS) is 15.7. The van der Waals surface area contributed by atoms with E-state index in [2.05, 4.69) is 25.5 Å². The number of nitrogens with one attached hydrogen (secondary N) is 3. The zero-order chi connectivity index (χ0) is 25.8. The maximum atomic E-state index is 12.9. The van der Waals surface area contributed by atoms with Crippen molar-refractivity contribution < 1.29 is 9.59 Å². The van der Waals surface area contributed by atoms with Crippen molar-refractivity contribution >= 4 is 34.6 Å². The summed E-state index contributed by atoms with van der Waals surface area (Å²) in [5.74, 6) is -0.478. The molecule has 1 aromatic carbocycles. The van der Waals surface area contributed by atoms with Gasteiger partial charge in [-0.1, -0.05) is 12.5 Å². The second kappa shape index (κ2) is 10.9. The van der Waals surface area contributed by atoms with Gasteiger partial charge in [-0.2, -0.15) is 0 Å². The van der Waals surface area contributed by atoms with E-state index in [1.165, 1.54) is 19.3 Å². The Morgan fingerprint density at radius 3 is 2.49 bits per heavy atom. The van der Waals surface area contributed by atoms with Crippen molar-refractivity contribution in [2.45, 2.75) is 38.6 Å². The highest BCUT2D eigenvalue weighted by Crippen LogP contribution is 2.31. The van der Waals surface area contributed by atoms with Crippen molar-refractivity contribution in [2.24, 2.45) is 5.92 Å². The van der Waals surface area contributed by atoms with Crippen molar-refractivity contribution in [1.29, 1.82) is 5.41 Å². The summed E-state index contributed by atoms with van der Waals surface area (Å²) in [7, 11) is 0. The molecule has 2 aliphatic rings. The van der Waals surface area contributed by atoms with Gasteiger partial charge in [0.2, 0.25) is 5.91 Å². The Kier molecular flexibility index (Phi) is 7.23. The molecule has 9 heteroatoms. The number of hydrogen-bond acceptors (Lipinski definition) is 7. The van der Waals surface area contributed by atoms with Crippen molar-refractivity contribution in [1.82, 2.24) is 14.9 Å². The van der Waals surface area contributed by atoms with Crippen LogP contribution in [-0.4, -0.2) is 45.5 Å². The van der Waals surface area contributed by atoms with E-state index in [-0.39, 0.29) is 17.5 Å². The number of likely N-dealkylation sites (tertiary alicyclic amines) is 1. The van der Waals surface area contributed by atoms with Crippen LogP contribution in [0.5, 0.6) is 0 Å². The van der Waals surface area contributed by atoms with Gasteiger partial charge in [0.05, 0.1) is 29.5 Å². The monoisotopic (exact) mass is 497 g/mol. The minimum atomic E-state index is -0.571. The third-order valence-electron chi connectivity index (χ3n) is 6.75. The van der Waals surface area contributed by atoms with E-state index < -0.39 is 5.91 Å². The fraction of sp³-hybridized carbons (Fsp3) is 0.321. The Morgan fingerprint density at radius 1 is 0.946 bits per heavy atom. The molecule has 2 amide bonds. The van der Waals surface area contributed by atoms with Crippen LogP contribution in [0.3, 0.4) is 0 Å². The predicted octanol–water partition coefficient (Wildman–Crippen LogP) is 4.07. The zero-order valence-corrected chi connectivity index (χ0v) is 20.7. The number of carbonyl (C=O) groups excluding carboxylic acids is 2. The third kappa shape index (κ3) is 6.18. The lowest BCUT2D eigenvalue weighted by Gasteiger charge is -2.25. The number of nitrogens with two attached hydrogens (primary N) is 1. The molecule has 3 aromatic rings. The van der Waals surface area contributed by atoms with Gasteiger partial charge in [0.15, 0.2) is 0 Å². The number of pyridine rings is 2. The molecule has 1 aliphatic carbocycles. The Balaban J connectivity index is 1.25. The van der Waals surface area contributed by atoms with Crippen LogP contribution in [0.4, 0.5) is 17.1 Å². The Hall–Kier alpha value is -4.11. The lowest BCUT2D eigenvalue weighted by atomic mass is 10.00. The predicted molar refractivity (Wildman–Crippen MR) is 144 cm³/mol. The third-order valence-corrected chi connectivity index (χ3v) is 6.75. The summed E-state index contributed by atoms with van der Waals surface area (Å²) < 4.78 is 0. The number of nitrogens with zero attached hydrogens (tertiary/aromatic N) is 3. The number of carbonyl (C=O) groups is 2. The number of benzene rings is 1. The lowest BCUT2D eigenvalue weighted by Crippen LogP contribution is -2.29. The maximum absolute atomic E-state index is 12.9. The summed E-state index contributed by atoms with van der Waals surface area (Å²) in [4.78, 5) is 36.1. The molecule has 190 valence electrons. The van der Waals surface area contributed by atoms with Crippen molar-refractivity contribution in [3.8, 4) is 11.1 Å². The van der Waals surface area contributed by atoms with Crippen molar-refractivity contribution in [3.05, 3.63) is 66.2 Å². The van der Waals surface area contributed by atoms with Crippen molar-refractivity contribution in [2.75, 3.05) is 29.5 Å². The van der Waals surface area contributed by atoms with Gasteiger partial charge >= 0.3 is 0 Å². The molecule has 1 saturated carbocycles. The van der Waals surface area contributed by atoms with E-state index in [1.807, 2.05) is 18.2 Å². The summed E-state index contributed by atoms with van der Waals surface area (Å²) in [5.41, 5.74) is 10.1. The van der Waals surface area contributed by atoms with E-state index in [0.29, 0.717) is 22.6 Å². The summed E-state index contributed by atoms with van der Waals surface area (Å²) in [6.45, 7) is 2.98. The zero-order valence-electron chi connectivity index (χ0n) is 20.7. The molecule has 0 atom stereocenters. The van der Waals surface area contributed by atoms with Crippen LogP contribution in [0, 0.1) is 11.3 Å². The average molecular weight is 498 g/mol. The summed E-state index contributed by atoms with van der Waals surface area (Å²) in [5, 5.41) is 14.1. The summed E-state index contributed by atoms with van der Waals surface area (Å²) in [6.07, 6.45) is 10.5. The number of aromatic nitrogens is 2. The molecule has 0 unspecified atom stereocenters. The molecule has 0 bridgehead atoms. The number of hydrogen-bond donors (Lipinski definition) is 4. The molecule has 3 heterocycles. The van der Waals surface area contributed by atoms with Gasteiger partial charge in [-0.25, -0.2) is 0 Å². The molecule has 37 heavy (non-hydrogen) atoms.